The van der Waals surface area contributed by atoms with E-state index in [9.17, 15) is 4.79 Å². The molecule has 2 aromatic heterocycles. The number of aromatic nitrogens is 4. The van der Waals surface area contributed by atoms with Crippen LogP contribution in [0, 0.1) is 5.92 Å². The zero-order valence-corrected chi connectivity index (χ0v) is 17.1. The van der Waals surface area contributed by atoms with Gasteiger partial charge in [-0.25, -0.2) is 4.98 Å². The van der Waals surface area contributed by atoms with Crippen molar-refractivity contribution in [3.8, 4) is 0 Å². The van der Waals surface area contributed by atoms with Gasteiger partial charge in [0.2, 0.25) is 5.91 Å². The molecule has 2 aromatic rings. The Morgan fingerprint density at radius 2 is 2.11 bits per heavy atom. The molecular weight excluding hydrogens is 360 g/mol. The van der Waals surface area contributed by atoms with Crippen LogP contribution in [0.15, 0.2) is 29.8 Å². The number of carbonyl (C=O) groups is 1. The van der Waals surface area contributed by atoms with Crippen LogP contribution in [0.2, 0.25) is 0 Å². The molecule has 27 heavy (non-hydrogen) atoms. The lowest BCUT2D eigenvalue weighted by atomic mass is 9.99. The number of nitrogens with one attached hydrogen (secondary N) is 1. The van der Waals surface area contributed by atoms with Gasteiger partial charge in [0.15, 0.2) is 5.16 Å². The van der Waals surface area contributed by atoms with E-state index in [1.807, 2.05) is 16.8 Å². The molecule has 3 heterocycles. The fraction of sp³-hybridized carbons (Fsp3) is 0.579. The standard InChI is InChI=1S/C19H28N6OS/c1-14(2)25-13-22-23-19(25)27-12-18(26)21-11-16-4-5-17(20-10-16)24-8-6-15(3)7-9-24/h4-5,10,13-15H,6-9,11-12H2,1-3H3,(H,21,26). The summed E-state index contributed by atoms with van der Waals surface area (Å²) in [6, 6.07) is 4.37. The van der Waals surface area contributed by atoms with Crippen molar-refractivity contribution in [1.29, 1.82) is 0 Å². The third-order valence-electron chi connectivity index (χ3n) is 4.84. The van der Waals surface area contributed by atoms with E-state index in [-0.39, 0.29) is 11.9 Å². The van der Waals surface area contributed by atoms with Crippen LogP contribution in [-0.2, 0) is 11.3 Å². The van der Waals surface area contributed by atoms with Gasteiger partial charge in [-0.1, -0.05) is 24.8 Å². The van der Waals surface area contributed by atoms with E-state index in [1.165, 1.54) is 24.6 Å². The molecule has 1 N–H and O–H groups in total. The van der Waals surface area contributed by atoms with Crippen molar-refractivity contribution in [3.63, 3.8) is 0 Å². The maximum Gasteiger partial charge on any atom is 0.230 e. The number of carbonyl (C=O) groups excluding carboxylic acids is 1. The maximum absolute atomic E-state index is 12.1. The molecule has 1 saturated heterocycles. The molecule has 7 nitrogen and oxygen atoms in total. The Kier molecular flexibility index (Phi) is 6.71. The third kappa shape index (κ3) is 5.45. The number of thioether (sulfide) groups is 1. The summed E-state index contributed by atoms with van der Waals surface area (Å²) in [4.78, 5) is 19.0. The molecule has 8 heteroatoms. The van der Waals surface area contributed by atoms with Gasteiger partial charge in [0.25, 0.3) is 0 Å². The molecule has 0 saturated carbocycles. The lowest BCUT2D eigenvalue weighted by molar-refractivity contribution is -0.118. The second kappa shape index (κ2) is 9.21. The number of hydrogen-bond donors (Lipinski definition) is 1. The first-order valence-corrected chi connectivity index (χ1v) is 10.5. The van der Waals surface area contributed by atoms with E-state index in [2.05, 4.69) is 52.2 Å². The monoisotopic (exact) mass is 388 g/mol. The summed E-state index contributed by atoms with van der Waals surface area (Å²) < 4.78 is 1.96. The van der Waals surface area contributed by atoms with E-state index in [1.54, 1.807) is 6.33 Å². The van der Waals surface area contributed by atoms with Crippen molar-refractivity contribution in [3.05, 3.63) is 30.2 Å². The highest BCUT2D eigenvalue weighted by atomic mass is 32.2. The molecule has 0 aliphatic carbocycles. The minimum atomic E-state index is -0.0209. The van der Waals surface area contributed by atoms with Gasteiger partial charge >= 0.3 is 0 Å². The number of piperidine rings is 1. The largest absolute Gasteiger partial charge is 0.357 e. The average molecular weight is 389 g/mol. The van der Waals surface area contributed by atoms with E-state index >= 15 is 0 Å². The first kappa shape index (κ1) is 19.7. The number of anilines is 1. The van der Waals surface area contributed by atoms with Crippen LogP contribution in [0.5, 0.6) is 0 Å². The molecule has 146 valence electrons. The molecule has 1 aliphatic rings. The van der Waals surface area contributed by atoms with Gasteiger partial charge < -0.3 is 14.8 Å². The molecule has 0 aromatic carbocycles. The number of amides is 1. The first-order chi connectivity index (χ1) is 13.0. The first-order valence-electron chi connectivity index (χ1n) is 9.52. The summed E-state index contributed by atoms with van der Waals surface area (Å²) in [5.74, 6) is 2.14. The Balaban J connectivity index is 1.44. The lowest BCUT2D eigenvalue weighted by Gasteiger charge is -2.31. The Bertz CT molecular complexity index is 737. The minimum Gasteiger partial charge on any atom is -0.357 e. The topological polar surface area (TPSA) is 75.9 Å². The van der Waals surface area contributed by atoms with Gasteiger partial charge in [-0.3, -0.25) is 4.79 Å². The molecule has 0 radical (unpaired) electrons. The highest BCUT2D eigenvalue weighted by Crippen LogP contribution is 2.21. The van der Waals surface area contributed by atoms with Crippen molar-refractivity contribution in [2.24, 2.45) is 5.92 Å². The smallest absolute Gasteiger partial charge is 0.230 e. The van der Waals surface area contributed by atoms with Gasteiger partial charge in [0.1, 0.15) is 12.1 Å². The van der Waals surface area contributed by atoms with E-state index in [0.717, 1.165) is 35.5 Å². The van der Waals surface area contributed by atoms with Crippen LogP contribution in [0.25, 0.3) is 0 Å². The number of rotatable bonds is 7. The molecule has 1 fully saturated rings. The number of hydrogen-bond acceptors (Lipinski definition) is 6. The Hall–Kier alpha value is -2.09. The fourth-order valence-electron chi connectivity index (χ4n) is 3.02. The van der Waals surface area contributed by atoms with Gasteiger partial charge in [-0.2, -0.15) is 0 Å². The van der Waals surface area contributed by atoms with Crippen LogP contribution < -0.4 is 10.2 Å². The molecule has 1 amide bonds. The zero-order chi connectivity index (χ0) is 19.2. The van der Waals surface area contributed by atoms with Gasteiger partial charge in [-0.15, -0.1) is 10.2 Å². The number of nitrogens with zero attached hydrogens (tertiary/aromatic N) is 5. The van der Waals surface area contributed by atoms with Gasteiger partial charge in [-0.05, 0) is 44.2 Å². The Morgan fingerprint density at radius 1 is 1.33 bits per heavy atom. The number of pyridine rings is 1. The van der Waals surface area contributed by atoms with E-state index < -0.39 is 0 Å². The molecule has 1 aliphatic heterocycles. The average Bonchev–Trinajstić information content (AvgIpc) is 3.15. The summed E-state index contributed by atoms with van der Waals surface area (Å²) in [5.41, 5.74) is 1.01. The maximum atomic E-state index is 12.1. The van der Waals surface area contributed by atoms with Crippen LogP contribution in [0.1, 0.15) is 45.2 Å². The van der Waals surface area contributed by atoms with Gasteiger partial charge in [0, 0.05) is 31.9 Å². The second-order valence-electron chi connectivity index (χ2n) is 7.37. The molecule has 0 spiro atoms. The molecule has 0 atom stereocenters. The predicted octanol–water partition coefficient (Wildman–Crippen LogP) is 2.90. The van der Waals surface area contributed by atoms with Crippen molar-refractivity contribution < 1.29 is 4.79 Å². The van der Waals surface area contributed by atoms with Crippen molar-refractivity contribution in [2.75, 3.05) is 23.7 Å². The summed E-state index contributed by atoms with van der Waals surface area (Å²) in [6.45, 7) is 9.07. The quantitative estimate of drug-likeness (QED) is 0.735. The molecule has 0 unspecified atom stereocenters. The molecular formula is C19H28N6OS. The van der Waals surface area contributed by atoms with Crippen LogP contribution in [0.3, 0.4) is 0 Å². The van der Waals surface area contributed by atoms with Crippen LogP contribution in [-0.4, -0.2) is 44.5 Å². The lowest BCUT2D eigenvalue weighted by Crippen LogP contribution is -2.33. The van der Waals surface area contributed by atoms with Crippen molar-refractivity contribution in [1.82, 2.24) is 25.1 Å². The van der Waals surface area contributed by atoms with E-state index in [4.69, 9.17) is 0 Å². The van der Waals surface area contributed by atoms with Crippen molar-refractivity contribution in [2.45, 2.75) is 51.4 Å². The molecule has 3 rings (SSSR count). The minimum absolute atomic E-state index is 0.0209. The second-order valence-corrected chi connectivity index (χ2v) is 8.32. The molecule has 0 bridgehead atoms. The van der Waals surface area contributed by atoms with E-state index in [0.29, 0.717) is 12.3 Å². The fourth-order valence-corrected chi connectivity index (χ4v) is 3.89. The van der Waals surface area contributed by atoms with Crippen LogP contribution >= 0.6 is 11.8 Å². The SMILES string of the molecule is CC1CCN(c2ccc(CNC(=O)CSc3nncn3C(C)C)cn2)CC1. The highest BCUT2D eigenvalue weighted by Gasteiger charge is 2.16. The summed E-state index contributed by atoms with van der Waals surface area (Å²) in [5, 5.41) is 11.7. The summed E-state index contributed by atoms with van der Waals surface area (Å²) in [7, 11) is 0. The summed E-state index contributed by atoms with van der Waals surface area (Å²) in [6.07, 6.45) is 6.00. The van der Waals surface area contributed by atoms with Crippen molar-refractivity contribution >= 4 is 23.5 Å². The Morgan fingerprint density at radius 3 is 2.78 bits per heavy atom. The van der Waals surface area contributed by atoms with Crippen LogP contribution in [0.4, 0.5) is 5.82 Å². The normalized spacial score (nSPS) is 15.3. The van der Waals surface area contributed by atoms with Gasteiger partial charge in [0.05, 0.1) is 5.75 Å². The third-order valence-corrected chi connectivity index (χ3v) is 5.79. The highest BCUT2D eigenvalue weighted by molar-refractivity contribution is 7.99. The predicted molar refractivity (Wildman–Crippen MR) is 108 cm³/mol. The zero-order valence-electron chi connectivity index (χ0n) is 16.3. The summed E-state index contributed by atoms with van der Waals surface area (Å²) >= 11 is 1.40. The Labute approximate surface area is 165 Å².